The van der Waals surface area contributed by atoms with Crippen LogP contribution in [-0.4, -0.2) is 34.5 Å². The van der Waals surface area contributed by atoms with Crippen LogP contribution in [0.5, 0.6) is 0 Å². The van der Waals surface area contributed by atoms with Crippen LogP contribution < -0.4 is 10.0 Å². The van der Waals surface area contributed by atoms with Crippen molar-refractivity contribution in [1.29, 1.82) is 0 Å². The summed E-state index contributed by atoms with van der Waals surface area (Å²) in [6.07, 6.45) is 0. The predicted molar refractivity (Wildman–Crippen MR) is 95.8 cm³/mol. The summed E-state index contributed by atoms with van der Waals surface area (Å²) < 4.78 is 29.0. The van der Waals surface area contributed by atoms with Crippen molar-refractivity contribution in [2.75, 3.05) is 10.0 Å². The van der Waals surface area contributed by atoms with Crippen LogP contribution in [0.3, 0.4) is 0 Å². The number of amides is 1. The van der Waals surface area contributed by atoms with Crippen LogP contribution in [0.4, 0.5) is 11.4 Å². The Morgan fingerprint density at radius 1 is 1.00 bits per heavy atom. The summed E-state index contributed by atoms with van der Waals surface area (Å²) in [5.74, 6) is 0.352. The zero-order valence-corrected chi connectivity index (χ0v) is 14.9. The first kappa shape index (κ1) is 17.5. The number of rotatable bonds is 5. The Morgan fingerprint density at radius 2 is 1.62 bits per heavy atom. The topological polar surface area (TPSA) is 119 Å². The number of carbonyl (C=O) groups excluding carboxylic acids is 1. The molecule has 1 amide bonds. The molecule has 0 bridgehead atoms. The summed E-state index contributed by atoms with van der Waals surface area (Å²) in [4.78, 5) is 11.1. The van der Waals surface area contributed by atoms with Crippen molar-refractivity contribution in [1.82, 2.24) is 20.2 Å². The summed E-state index contributed by atoms with van der Waals surface area (Å²) in [5.41, 5.74) is 1.70. The van der Waals surface area contributed by atoms with Crippen LogP contribution >= 0.6 is 0 Å². The number of aryl methyl sites for hydroxylation is 1. The lowest BCUT2D eigenvalue weighted by atomic mass is 10.2. The summed E-state index contributed by atoms with van der Waals surface area (Å²) >= 11 is 0. The van der Waals surface area contributed by atoms with Gasteiger partial charge in [-0.25, -0.2) is 13.1 Å². The van der Waals surface area contributed by atoms with Crippen LogP contribution in [0.25, 0.3) is 11.4 Å². The largest absolute Gasteiger partial charge is 0.326 e. The molecule has 2 aromatic carbocycles. The van der Waals surface area contributed by atoms with E-state index in [4.69, 9.17) is 0 Å². The fourth-order valence-corrected chi connectivity index (χ4v) is 3.35. The molecule has 3 rings (SSSR count). The molecule has 0 radical (unpaired) electrons. The molecular weight excluding hydrogens is 356 g/mol. The number of nitrogens with zero attached hydrogens (tertiary/aromatic N) is 4. The first-order valence-corrected chi connectivity index (χ1v) is 9.07. The van der Waals surface area contributed by atoms with E-state index in [9.17, 15) is 13.2 Å². The lowest BCUT2D eigenvalue weighted by Crippen LogP contribution is -2.13. The van der Waals surface area contributed by atoms with Crippen molar-refractivity contribution in [3.8, 4) is 11.4 Å². The number of anilines is 2. The van der Waals surface area contributed by atoms with E-state index in [-0.39, 0.29) is 10.8 Å². The smallest absolute Gasteiger partial charge is 0.261 e. The standard InChI is InChI=1S/C16H16N6O3S/c1-11(23)17-13-7-9-15(10-8-13)26(24,25)19-14-5-3-12(4-6-14)16-18-20-21-22(16)2/h3-10,19H,1-2H3,(H,17,23). The number of sulfonamides is 1. The Hall–Kier alpha value is -3.27. The lowest BCUT2D eigenvalue weighted by molar-refractivity contribution is -0.114. The molecule has 0 unspecified atom stereocenters. The molecule has 1 heterocycles. The quantitative estimate of drug-likeness (QED) is 0.703. The summed E-state index contributed by atoms with van der Waals surface area (Å²) in [5, 5.41) is 13.8. The van der Waals surface area contributed by atoms with Crippen molar-refractivity contribution in [3.05, 3.63) is 48.5 Å². The van der Waals surface area contributed by atoms with Crippen LogP contribution in [-0.2, 0) is 21.9 Å². The van der Waals surface area contributed by atoms with Crippen LogP contribution in [0.15, 0.2) is 53.4 Å². The average molecular weight is 372 g/mol. The number of carbonyl (C=O) groups is 1. The van der Waals surface area contributed by atoms with Gasteiger partial charge >= 0.3 is 0 Å². The van der Waals surface area contributed by atoms with Crippen molar-refractivity contribution in [2.45, 2.75) is 11.8 Å². The minimum atomic E-state index is -3.74. The number of benzene rings is 2. The lowest BCUT2D eigenvalue weighted by Gasteiger charge is -2.09. The third-order valence-electron chi connectivity index (χ3n) is 3.50. The number of nitrogens with one attached hydrogen (secondary N) is 2. The monoisotopic (exact) mass is 372 g/mol. The Labute approximate surface area is 150 Å². The second kappa shape index (κ2) is 6.92. The van der Waals surface area contributed by atoms with Crippen molar-refractivity contribution in [3.63, 3.8) is 0 Å². The zero-order valence-electron chi connectivity index (χ0n) is 14.0. The molecule has 0 saturated heterocycles. The highest BCUT2D eigenvalue weighted by Gasteiger charge is 2.14. The molecule has 0 fully saturated rings. The number of tetrazole rings is 1. The maximum atomic E-state index is 12.5. The van der Waals surface area contributed by atoms with Crippen molar-refractivity contribution < 1.29 is 13.2 Å². The predicted octanol–water partition coefficient (Wildman–Crippen LogP) is 1.64. The number of hydrogen-bond acceptors (Lipinski definition) is 6. The van der Waals surface area contributed by atoms with Gasteiger partial charge in [0.2, 0.25) is 5.91 Å². The Bertz CT molecular complexity index is 1030. The Balaban J connectivity index is 1.77. The number of hydrogen-bond donors (Lipinski definition) is 2. The SMILES string of the molecule is CC(=O)Nc1ccc(S(=O)(=O)Nc2ccc(-c3nnnn3C)cc2)cc1. The van der Waals surface area contributed by atoms with E-state index < -0.39 is 10.0 Å². The molecule has 3 aromatic rings. The molecule has 2 N–H and O–H groups in total. The summed E-state index contributed by atoms with van der Waals surface area (Å²) in [6.45, 7) is 1.38. The fourth-order valence-electron chi connectivity index (χ4n) is 2.30. The summed E-state index contributed by atoms with van der Waals surface area (Å²) in [6, 6.07) is 12.6. The zero-order chi connectivity index (χ0) is 18.7. The van der Waals surface area contributed by atoms with E-state index in [1.165, 1.54) is 35.9 Å². The first-order chi connectivity index (χ1) is 12.3. The molecular formula is C16H16N6O3S. The van der Waals surface area contributed by atoms with Gasteiger partial charge in [0.25, 0.3) is 10.0 Å². The maximum Gasteiger partial charge on any atom is 0.261 e. The highest BCUT2D eigenvalue weighted by Crippen LogP contribution is 2.21. The van der Waals surface area contributed by atoms with E-state index in [1.807, 2.05) is 0 Å². The second-order valence-electron chi connectivity index (χ2n) is 5.51. The second-order valence-corrected chi connectivity index (χ2v) is 7.20. The van der Waals surface area contributed by atoms with Crippen LogP contribution in [0, 0.1) is 0 Å². The third-order valence-corrected chi connectivity index (χ3v) is 4.90. The van der Waals surface area contributed by atoms with E-state index in [2.05, 4.69) is 25.6 Å². The number of aromatic nitrogens is 4. The fraction of sp³-hybridized carbons (Fsp3) is 0.125. The Morgan fingerprint density at radius 3 is 2.15 bits per heavy atom. The minimum Gasteiger partial charge on any atom is -0.326 e. The van der Waals surface area contributed by atoms with Gasteiger partial charge in [-0.1, -0.05) is 0 Å². The highest BCUT2D eigenvalue weighted by atomic mass is 32.2. The molecule has 134 valence electrons. The minimum absolute atomic E-state index is 0.0909. The van der Waals surface area contributed by atoms with Crippen LogP contribution in [0.1, 0.15) is 6.92 Å². The molecule has 26 heavy (non-hydrogen) atoms. The maximum absolute atomic E-state index is 12.5. The van der Waals surface area contributed by atoms with E-state index in [1.54, 1.807) is 31.3 Å². The Kier molecular flexibility index (Phi) is 4.67. The molecule has 1 aromatic heterocycles. The normalized spacial score (nSPS) is 11.2. The molecule has 0 atom stereocenters. The molecule has 0 aliphatic rings. The van der Waals surface area contributed by atoms with Crippen LogP contribution in [0.2, 0.25) is 0 Å². The van der Waals surface area contributed by atoms with E-state index in [0.717, 1.165) is 5.56 Å². The van der Waals surface area contributed by atoms with Gasteiger partial charge in [-0.3, -0.25) is 9.52 Å². The molecule has 0 spiro atoms. The molecule has 9 nitrogen and oxygen atoms in total. The van der Waals surface area contributed by atoms with Gasteiger partial charge in [0.05, 0.1) is 4.90 Å². The van der Waals surface area contributed by atoms with Gasteiger partial charge < -0.3 is 5.32 Å². The summed E-state index contributed by atoms with van der Waals surface area (Å²) in [7, 11) is -2.02. The third kappa shape index (κ3) is 3.86. The van der Waals surface area contributed by atoms with E-state index >= 15 is 0 Å². The highest BCUT2D eigenvalue weighted by molar-refractivity contribution is 7.92. The van der Waals surface area contributed by atoms with Gasteiger partial charge in [-0.05, 0) is 59.0 Å². The van der Waals surface area contributed by atoms with Gasteiger partial charge in [-0.2, -0.15) is 0 Å². The molecule has 0 aliphatic carbocycles. The molecule has 0 aliphatic heterocycles. The molecule has 10 heteroatoms. The van der Waals surface area contributed by atoms with Gasteiger partial charge in [0, 0.05) is 30.9 Å². The van der Waals surface area contributed by atoms with Gasteiger partial charge in [0.15, 0.2) is 5.82 Å². The van der Waals surface area contributed by atoms with Gasteiger partial charge in [0.1, 0.15) is 0 Å². The first-order valence-electron chi connectivity index (χ1n) is 7.58. The van der Waals surface area contributed by atoms with E-state index in [0.29, 0.717) is 17.2 Å². The average Bonchev–Trinajstić information content (AvgIpc) is 3.01. The van der Waals surface area contributed by atoms with Crippen molar-refractivity contribution >= 4 is 27.3 Å². The molecule has 0 saturated carbocycles. The van der Waals surface area contributed by atoms with Crippen molar-refractivity contribution in [2.24, 2.45) is 7.05 Å². The van der Waals surface area contributed by atoms with Gasteiger partial charge in [-0.15, -0.1) is 5.10 Å².